The molecule has 0 heterocycles. The number of carbonyl (C=O) groups is 1. The highest BCUT2D eigenvalue weighted by Gasteiger charge is 2.03. The number of ether oxygens (including phenoxy) is 1. The standard InChI is InChI=1S/C18H18BrN3O2/c1-2-10-24-17-9-8-15(19)11-14(17)12-21-22-18(23)13-20-16-6-4-3-5-7-16/h2-9,11-12,20H,1,10,13H2,(H,22,23)/b21-12-. The molecule has 0 radical (unpaired) electrons. The van der Waals surface area contributed by atoms with E-state index in [2.05, 4.69) is 38.4 Å². The van der Waals surface area contributed by atoms with Crippen LogP contribution >= 0.6 is 15.9 Å². The molecule has 0 bridgehead atoms. The number of halogens is 1. The van der Waals surface area contributed by atoms with E-state index in [0.717, 1.165) is 15.7 Å². The predicted molar refractivity (Wildman–Crippen MR) is 101 cm³/mol. The molecule has 0 spiro atoms. The Morgan fingerprint density at radius 1 is 1.25 bits per heavy atom. The zero-order valence-corrected chi connectivity index (χ0v) is 14.6. The zero-order chi connectivity index (χ0) is 17.2. The van der Waals surface area contributed by atoms with Crippen molar-refractivity contribution in [2.45, 2.75) is 0 Å². The van der Waals surface area contributed by atoms with Crippen LogP contribution in [0, 0.1) is 0 Å². The fourth-order valence-corrected chi connectivity index (χ4v) is 2.23. The number of amides is 1. The minimum atomic E-state index is -0.237. The first-order valence-electron chi connectivity index (χ1n) is 7.33. The van der Waals surface area contributed by atoms with Gasteiger partial charge in [-0.15, -0.1) is 0 Å². The van der Waals surface area contributed by atoms with Gasteiger partial charge in [0.1, 0.15) is 12.4 Å². The number of para-hydroxylation sites is 1. The number of nitrogens with zero attached hydrogens (tertiary/aromatic N) is 1. The first kappa shape index (κ1) is 17.7. The Morgan fingerprint density at radius 2 is 2.04 bits per heavy atom. The van der Waals surface area contributed by atoms with E-state index >= 15 is 0 Å². The van der Waals surface area contributed by atoms with Crippen molar-refractivity contribution < 1.29 is 9.53 Å². The van der Waals surface area contributed by atoms with Gasteiger partial charge < -0.3 is 10.1 Å². The Labute approximate surface area is 149 Å². The van der Waals surface area contributed by atoms with E-state index in [1.165, 1.54) is 0 Å². The van der Waals surface area contributed by atoms with E-state index in [9.17, 15) is 4.79 Å². The molecule has 0 atom stereocenters. The first-order valence-corrected chi connectivity index (χ1v) is 8.12. The number of anilines is 1. The molecular weight excluding hydrogens is 370 g/mol. The lowest BCUT2D eigenvalue weighted by Crippen LogP contribution is -2.25. The summed E-state index contributed by atoms with van der Waals surface area (Å²) in [4.78, 5) is 11.8. The number of carbonyl (C=O) groups excluding carboxylic acids is 1. The van der Waals surface area contributed by atoms with Gasteiger partial charge in [0.2, 0.25) is 0 Å². The molecule has 0 saturated heterocycles. The summed E-state index contributed by atoms with van der Waals surface area (Å²) in [6, 6.07) is 15.1. The largest absolute Gasteiger partial charge is 0.489 e. The molecule has 2 aromatic carbocycles. The maximum atomic E-state index is 11.8. The lowest BCUT2D eigenvalue weighted by atomic mass is 10.2. The van der Waals surface area contributed by atoms with Crippen molar-refractivity contribution in [2.24, 2.45) is 5.10 Å². The third-order valence-electron chi connectivity index (χ3n) is 2.95. The number of rotatable bonds is 8. The van der Waals surface area contributed by atoms with Crippen LogP contribution in [0.25, 0.3) is 0 Å². The topological polar surface area (TPSA) is 62.7 Å². The van der Waals surface area contributed by atoms with Crippen LogP contribution in [-0.4, -0.2) is 25.3 Å². The summed E-state index contributed by atoms with van der Waals surface area (Å²) >= 11 is 3.40. The van der Waals surface area contributed by atoms with Gasteiger partial charge in [-0.05, 0) is 30.3 Å². The van der Waals surface area contributed by atoms with E-state index in [4.69, 9.17) is 4.74 Å². The van der Waals surface area contributed by atoms with Gasteiger partial charge in [-0.1, -0.05) is 46.8 Å². The summed E-state index contributed by atoms with van der Waals surface area (Å²) in [5.41, 5.74) is 4.11. The molecule has 5 nitrogen and oxygen atoms in total. The van der Waals surface area contributed by atoms with Gasteiger partial charge in [0.05, 0.1) is 12.8 Å². The first-order chi connectivity index (χ1) is 11.7. The molecule has 0 aliphatic rings. The molecule has 24 heavy (non-hydrogen) atoms. The van der Waals surface area contributed by atoms with Crippen molar-refractivity contribution in [1.29, 1.82) is 0 Å². The van der Waals surface area contributed by atoms with Crippen molar-refractivity contribution in [2.75, 3.05) is 18.5 Å². The Bertz CT molecular complexity index is 717. The molecule has 0 unspecified atom stereocenters. The van der Waals surface area contributed by atoms with Crippen molar-refractivity contribution in [3.63, 3.8) is 0 Å². The molecule has 6 heteroatoms. The van der Waals surface area contributed by atoms with Crippen LogP contribution in [0.4, 0.5) is 5.69 Å². The van der Waals surface area contributed by atoms with Crippen LogP contribution in [-0.2, 0) is 4.79 Å². The van der Waals surface area contributed by atoms with Crippen molar-refractivity contribution in [3.05, 3.63) is 71.2 Å². The third kappa shape index (κ3) is 5.89. The number of hydrazone groups is 1. The molecule has 124 valence electrons. The van der Waals surface area contributed by atoms with Crippen LogP contribution in [0.15, 0.2) is 70.8 Å². The van der Waals surface area contributed by atoms with Gasteiger partial charge in [-0.2, -0.15) is 5.10 Å². The molecule has 0 fully saturated rings. The Balaban J connectivity index is 1.89. The zero-order valence-electron chi connectivity index (χ0n) is 13.0. The number of benzene rings is 2. The molecule has 0 saturated carbocycles. The average molecular weight is 388 g/mol. The molecule has 1 amide bonds. The smallest absolute Gasteiger partial charge is 0.259 e. The SMILES string of the molecule is C=CCOc1ccc(Br)cc1/C=N\NC(=O)CNc1ccccc1. The Morgan fingerprint density at radius 3 is 2.79 bits per heavy atom. The molecule has 0 aliphatic heterocycles. The van der Waals surface area contributed by atoms with E-state index in [-0.39, 0.29) is 12.5 Å². The van der Waals surface area contributed by atoms with Crippen molar-refractivity contribution >= 4 is 33.7 Å². The predicted octanol–water partition coefficient (Wildman–Crippen LogP) is 3.58. The van der Waals surface area contributed by atoms with Crippen LogP contribution in [0.1, 0.15) is 5.56 Å². The fraction of sp³-hybridized carbons (Fsp3) is 0.111. The summed E-state index contributed by atoms with van der Waals surface area (Å²) in [5.74, 6) is 0.428. The second-order valence-corrected chi connectivity index (χ2v) is 5.71. The summed E-state index contributed by atoms with van der Waals surface area (Å²) in [6.45, 7) is 4.16. The quantitative estimate of drug-likeness (QED) is 0.413. The minimum Gasteiger partial charge on any atom is -0.489 e. The Hall–Kier alpha value is -2.60. The van der Waals surface area contributed by atoms with E-state index in [0.29, 0.717) is 12.4 Å². The normalized spacial score (nSPS) is 10.4. The highest BCUT2D eigenvalue weighted by atomic mass is 79.9. The number of nitrogens with one attached hydrogen (secondary N) is 2. The van der Waals surface area contributed by atoms with Crippen LogP contribution in [0.2, 0.25) is 0 Å². The fourth-order valence-electron chi connectivity index (χ4n) is 1.85. The molecule has 2 rings (SSSR count). The monoisotopic (exact) mass is 387 g/mol. The van der Waals surface area contributed by atoms with Gasteiger partial charge in [0.25, 0.3) is 5.91 Å². The summed E-state index contributed by atoms with van der Waals surface area (Å²) in [7, 11) is 0. The van der Waals surface area contributed by atoms with Gasteiger partial charge >= 0.3 is 0 Å². The summed E-state index contributed by atoms with van der Waals surface area (Å²) in [5, 5.41) is 6.98. The van der Waals surface area contributed by atoms with Gasteiger partial charge in [-0.25, -0.2) is 5.43 Å². The average Bonchev–Trinajstić information content (AvgIpc) is 2.60. The van der Waals surface area contributed by atoms with Crippen LogP contribution in [0.3, 0.4) is 0 Å². The van der Waals surface area contributed by atoms with Crippen LogP contribution in [0.5, 0.6) is 5.75 Å². The number of hydrogen-bond acceptors (Lipinski definition) is 4. The molecular formula is C18H18BrN3O2. The van der Waals surface area contributed by atoms with Crippen molar-refractivity contribution in [1.82, 2.24) is 5.43 Å². The summed E-state index contributed by atoms with van der Waals surface area (Å²) < 4.78 is 6.44. The number of hydrogen-bond donors (Lipinski definition) is 2. The maximum Gasteiger partial charge on any atom is 0.259 e. The second kappa shape index (κ2) is 9.52. The Kier molecular flexibility index (Phi) is 7.04. The van der Waals surface area contributed by atoms with E-state index < -0.39 is 0 Å². The van der Waals surface area contributed by atoms with E-state index in [1.54, 1.807) is 12.3 Å². The molecule has 0 aliphatic carbocycles. The van der Waals surface area contributed by atoms with Crippen molar-refractivity contribution in [3.8, 4) is 5.75 Å². The van der Waals surface area contributed by atoms with E-state index in [1.807, 2.05) is 48.5 Å². The highest BCUT2D eigenvalue weighted by Crippen LogP contribution is 2.21. The molecule has 2 aromatic rings. The van der Waals surface area contributed by atoms with Gasteiger partial charge in [0, 0.05) is 15.7 Å². The molecule has 0 aromatic heterocycles. The summed E-state index contributed by atoms with van der Waals surface area (Å²) in [6.07, 6.45) is 3.21. The highest BCUT2D eigenvalue weighted by molar-refractivity contribution is 9.10. The maximum absolute atomic E-state index is 11.8. The van der Waals surface area contributed by atoms with Gasteiger partial charge in [-0.3, -0.25) is 4.79 Å². The van der Waals surface area contributed by atoms with Crippen LogP contribution < -0.4 is 15.5 Å². The molecule has 2 N–H and O–H groups in total. The lowest BCUT2D eigenvalue weighted by Gasteiger charge is -2.07. The van der Waals surface area contributed by atoms with Gasteiger partial charge in [0.15, 0.2) is 0 Å². The second-order valence-electron chi connectivity index (χ2n) is 4.79. The lowest BCUT2D eigenvalue weighted by molar-refractivity contribution is -0.119. The third-order valence-corrected chi connectivity index (χ3v) is 3.44. The minimum absolute atomic E-state index is 0.139.